The Kier molecular flexibility index (Phi) is 5.51. The molecule has 1 amide bonds. The van der Waals surface area contributed by atoms with Crippen molar-refractivity contribution in [1.82, 2.24) is 25.6 Å². The number of pyridine rings is 1. The minimum atomic E-state index is -0.593. The zero-order chi connectivity index (χ0) is 22.8. The number of benzene rings is 2. The number of H-pyrrole nitrogens is 1. The van der Waals surface area contributed by atoms with Crippen molar-refractivity contribution in [2.45, 2.75) is 25.2 Å². The minimum absolute atomic E-state index is 0.0762. The van der Waals surface area contributed by atoms with Crippen LogP contribution in [0.2, 0.25) is 5.02 Å². The SMILES string of the molecule is CCOc1ccc(-c2ccc(NC(=O)C3(c4ccccc4Cl)CC3)cc2-c2nnn[nH]2)cn1. The highest BCUT2D eigenvalue weighted by Crippen LogP contribution is 2.51. The van der Waals surface area contributed by atoms with Gasteiger partial charge in [0.05, 0.1) is 12.0 Å². The molecule has 4 aromatic rings. The van der Waals surface area contributed by atoms with E-state index in [0.717, 1.165) is 35.1 Å². The second-order valence-electron chi connectivity index (χ2n) is 7.84. The van der Waals surface area contributed by atoms with Gasteiger partial charge in [0.25, 0.3) is 0 Å². The van der Waals surface area contributed by atoms with Gasteiger partial charge in [-0.25, -0.2) is 10.1 Å². The molecular formula is C24H21ClN6O2. The van der Waals surface area contributed by atoms with E-state index < -0.39 is 5.41 Å². The van der Waals surface area contributed by atoms with E-state index in [1.807, 2.05) is 61.5 Å². The molecule has 1 aliphatic carbocycles. The fraction of sp³-hybridized carbons (Fsp3) is 0.208. The molecule has 9 heteroatoms. The van der Waals surface area contributed by atoms with Gasteiger partial charge in [0, 0.05) is 34.1 Å². The molecule has 0 unspecified atom stereocenters. The first-order chi connectivity index (χ1) is 16.1. The van der Waals surface area contributed by atoms with Crippen LogP contribution >= 0.6 is 11.6 Å². The lowest BCUT2D eigenvalue weighted by Crippen LogP contribution is -2.28. The number of carbonyl (C=O) groups is 1. The largest absolute Gasteiger partial charge is 0.478 e. The molecular weight excluding hydrogens is 440 g/mol. The molecule has 0 spiro atoms. The number of nitrogens with zero attached hydrogens (tertiary/aromatic N) is 4. The Morgan fingerprint density at radius 1 is 1.15 bits per heavy atom. The van der Waals surface area contributed by atoms with Crippen molar-refractivity contribution < 1.29 is 9.53 Å². The van der Waals surface area contributed by atoms with Crippen molar-refractivity contribution in [3.8, 4) is 28.4 Å². The molecule has 33 heavy (non-hydrogen) atoms. The quantitative estimate of drug-likeness (QED) is 0.415. The van der Waals surface area contributed by atoms with Gasteiger partial charge in [-0.2, -0.15) is 0 Å². The van der Waals surface area contributed by atoms with Crippen molar-refractivity contribution in [3.05, 3.63) is 71.4 Å². The molecule has 5 rings (SSSR count). The second-order valence-corrected chi connectivity index (χ2v) is 8.25. The maximum Gasteiger partial charge on any atom is 0.235 e. The molecule has 1 fully saturated rings. The van der Waals surface area contributed by atoms with Gasteiger partial charge in [-0.05, 0) is 65.6 Å². The lowest BCUT2D eigenvalue weighted by molar-refractivity contribution is -0.118. The number of nitrogens with one attached hydrogen (secondary N) is 2. The number of ether oxygens (including phenoxy) is 1. The van der Waals surface area contributed by atoms with Crippen molar-refractivity contribution in [2.24, 2.45) is 0 Å². The summed E-state index contributed by atoms with van der Waals surface area (Å²) >= 11 is 6.39. The van der Waals surface area contributed by atoms with Crippen molar-refractivity contribution in [3.63, 3.8) is 0 Å². The van der Waals surface area contributed by atoms with E-state index >= 15 is 0 Å². The number of hydrogen-bond donors (Lipinski definition) is 2. The predicted octanol–water partition coefficient (Wildman–Crippen LogP) is 4.65. The smallest absolute Gasteiger partial charge is 0.235 e. The molecule has 2 aromatic carbocycles. The molecule has 0 bridgehead atoms. The number of carbonyl (C=O) groups excluding carboxylic acids is 1. The Labute approximate surface area is 195 Å². The van der Waals surface area contributed by atoms with E-state index in [4.69, 9.17) is 16.3 Å². The monoisotopic (exact) mass is 460 g/mol. The minimum Gasteiger partial charge on any atom is -0.478 e. The molecule has 0 radical (unpaired) electrons. The second kappa shape index (κ2) is 8.63. The number of tetrazole rings is 1. The van der Waals surface area contributed by atoms with Gasteiger partial charge in [-0.3, -0.25) is 4.79 Å². The lowest BCUT2D eigenvalue weighted by Gasteiger charge is -2.18. The van der Waals surface area contributed by atoms with Gasteiger partial charge in [0.15, 0.2) is 5.82 Å². The summed E-state index contributed by atoms with van der Waals surface area (Å²) in [6.45, 7) is 2.46. The van der Waals surface area contributed by atoms with Crippen LogP contribution < -0.4 is 10.1 Å². The van der Waals surface area contributed by atoms with Crippen LogP contribution in [0, 0.1) is 0 Å². The molecule has 2 aromatic heterocycles. The van der Waals surface area contributed by atoms with E-state index in [0.29, 0.717) is 29.0 Å². The summed E-state index contributed by atoms with van der Waals surface area (Å²) in [7, 11) is 0. The highest BCUT2D eigenvalue weighted by atomic mass is 35.5. The number of anilines is 1. The highest BCUT2D eigenvalue weighted by molar-refractivity contribution is 6.32. The van der Waals surface area contributed by atoms with Gasteiger partial charge >= 0.3 is 0 Å². The first-order valence-corrected chi connectivity index (χ1v) is 11.0. The average Bonchev–Trinajstić information content (AvgIpc) is 3.46. The van der Waals surface area contributed by atoms with Crippen molar-refractivity contribution >= 4 is 23.2 Å². The molecule has 0 aliphatic heterocycles. The molecule has 2 heterocycles. The number of aromatic nitrogens is 5. The highest BCUT2D eigenvalue weighted by Gasteiger charge is 2.52. The Morgan fingerprint density at radius 3 is 2.67 bits per heavy atom. The summed E-state index contributed by atoms with van der Waals surface area (Å²) < 4.78 is 5.44. The third-order valence-electron chi connectivity index (χ3n) is 5.79. The summed E-state index contributed by atoms with van der Waals surface area (Å²) in [6.07, 6.45) is 3.26. The molecule has 2 N–H and O–H groups in total. The van der Waals surface area contributed by atoms with Crippen LogP contribution in [0.25, 0.3) is 22.5 Å². The van der Waals surface area contributed by atoms with Crippen molar-refractivity contribution in [2.75, 3.05) is 11.9 Å². The standard InChI is InChI=1S/C24H21ClN6O2/c1-2-33-21-10-7-15(14-26-21)17-9-8-16(13-18(17)22-28-30-31-29-22)27-23(32)24(11-12-24)19-5-3-4-6-20(19)25/h3-10,13-14H,2,11-12H2,1H3,(H,27,32)(H,28,29,30,31). The topological polar surface area (TPSA) is 106 Å². The summed E-state index contributed by atoms with van der Waals surface area (Å²) in [5.74, 6) is 0.970. The van der Waals surface area contributed by atoms with Crippen LogP contribution in [0.1, 0.15) is 25.3 Å². The van der Waals surface area contributed by atoms with Crippen molar-refractivity contribution in [1.29, 1.82) is 0 Å². The number of hydrogen-bond acceptors (Lipinski definition) is 6. The number of halogens is 1. The van der Waals surface area contributed by atoms with E-state index in [2.05, 4.69) is 30.9 Å². The Balaban J connectivity index is 1.47. The molecule has 8 nitrogen and oxygen atoms in total. The zero-order valence-electron chi connectivity index (χ0n) is 17.9. The third kappa shape index (κ3) is 4.05. The Hall–Kier alpha value is -3.78. The van der Waals surface area contributed by atoms with Gasteiger partial charge in [0.1, 0.15) is 0 Å². The van der Waals surface area contributed by atoms with Gasteiger partial charge in [-0.15, -0.1) is 5.10 Å². The molecule has 1 aliphatic rings. The maximum absolute atomic E-state index is 13.3. The van der Waals surface area contributed by atoms with Crippen LogP contribution in [0.4, 0.5) is 5.69 Å². The first-order valence-electron chi connectivity index (χ1n) is 10.6. The maximum atomic E-state index is 13.3. The lowest BCUT2D eigenvalue weighted by atomic mass is 9.94. The summed E-state index contributed by atoms with van der Waals surface area (Å²) in [5, 5.41) is 17.9. The predicted molar refractivity (Wildman–Crippen MR) is 125 cm³/mol. The van der Waals surface area contributed by atoms with E-state index in [1.165, 1.54) is 0 Å². The van der Waals surface area contributed by atoms with Crippen LogP contribution in [0.5, 0.6) is 5.88 Å². The molecule has 1 saturated carbocycles. The Morgan fingerprint density at radius 2 is 2.00 bits per heavy atom. The summed E-state index contributed by atoms with van der Waals surface area (Å²) in [5.41, 5.74) is 3.40. The van der Waals surface area contributed by atoms with Gasteiger partial charge in [-0.1, -0.05) is 35.9 Å². The first kappa shape index (κ1) is 21.1. The van der Waals surface area contributed by atoms with Gasteiger partial charge in [0.2, 0.25) is 11.8 Å². The summed E-state index contributed by atoms with van der Waals surface area (Å²) in [6, 6.07) is 16.9. The summed E-state index contributed by atoms with van der Waals surface area (Å²) in [4.78, 5) is 17.6. The average molecular weight is 461 g/mol. The number of aromatic amines is 1. The normalized spacial score (nSPS) is 14.0. The fourth-order valence-corrected chi connectivity index (χ4v) is 4.28. The molecule has 166 valence electrons. The Bertz CT molecular complexity index is 1290. The zero-order valence-corrected chi connectivity index (χ0v) is 18.6. The third-order valence-corrected chi connectivity index (χ3v) is 6.12. The number of rotatable bonds is 7. The van der Waals surface area contributed by atoms with E-state index in [1.54, 1.807) is 6.20 Å². The van der Waals surface area contributed by atoms with Crippen LogP contribution in [-0.2, 0) is 10.2 Å². The fourth-order valence-electron chi connectivity index (χ4n) is 3.96. The number of amides is 1. The molecule has 0 atom stereocenters. The van der Waals surface area contributed by atoms with Crippen LogP contribution in [0.3, 0.4) is 0 Å². The van der Waals surface area contributed by atoms with Crippen LogP contribution in [-0.4, -0.2) is 38.1 Å². The van der Waals surface area contributed by atoms with Gasteiger partial charge < -0.3 is 10.1 Å². The van der Waals surface area contributed by atoms with E-state index in [-0.39, 0.29) is 5.91 Å². The molecule has 0 saturated heterocycles. The van der Waals surface area contributed by atoms with Crippen LogP contribution in [0.15, 0.2) is 60.8 Å². The van der Waals surface area contributed by atoms with E-state index in [9.17, 15) is 4.79 Å².